The minimum absolute atomic E-state index is 0.722. The van der Waals surface area contributed by atoms with Crippen LogP contribution in [0.1, 0.15) is 44.9 Å². The van der Waals surface area contributed by atoms with Gasteiger partial charge in [-0.1, -0.05) is 31.4 Å². The first-order valence-corrected chi connectivity index (χ1v) is 5.26. The average molecular weight is 167 g/mol. The van der Waals surface area contributed by atoms with Gasteiger partial charge in [0.25, 0.3) is 0 Å². The fraction of sp³-hybridized carbons (Fsp3) is 0.818. The maximum absolute atomic E-state index is 3.37. The molecule has 0 amide bonds. The van der Waals surface area contributed by atoms with Gasteiger partial charge in [0.2, 0.25) is 0 Å². The lowest BCUT2D eigenvalue weighted by molar-refractivity contribution is 0.484. The number of nitrogens with one attached hydrogen (secondary N) is 1. The minimum atomic E-state index is 0.722. The number of allylic oxidation sites excluding steroid dienone is 1. The van der Waals surface area contributed by atoms with Gasteiger partial charge in [-0.05, 0) is 32.7 Å². The van der Waals surface area contributed by atoms with Crippen LogP contribution in [-0.2, 0) is 0 Å². The lowest BCUT2D eigenvalue weighted by Gasteiger charge is -2.14. The molecule has 0 aliphatic heterocycles. The monoisotopic (exact) mass is 167 g/mol. The Bertz CT molecular complexity index is 129. The van der Waals surface area contributed by atoms with Crippen LogP contribution in [0.3, 0.4) is 0 Å². The van der Waals surface area contributed by atoms with Gasteiger partial charge < -0.3 is 5.32 Å². The van der Waals surface area contributed by atoms with E-state index < -0.39 is 0 Å². The molecule has 1 N–H and O–H groups in total. The molecular weight excluding hydrogens is 146 g/mol. The van der Waals surface area contributed by atoms with E-state index in [0.29, 0.717) is 0 Å². The van der Waals surface area contributed by atoms with Crippen molar-refractivity contribution in [3.63, 3.8) is 0 Å². The standard InChI is InChI=1S/C11H21N/c1-12-11-9-7-5-3-2-4-6-8-10-11/h5,7,11-12H,2-4,6,8-10H2,1H3/b7-5-. The normalized spacial score (nSPS) is 29.6. The second kappa shape index (κ2) is 6.24. The van der Waals surface area contributed by atoms with Crippen LogP contribution < -0.4 is 5.32 Å². The van der Waals surface area contributed by atoms with E-state index in [4.69, 9.17) is 0 Å². The molecule has 1 nitrogen and oxygen atoms in total. The largest absolute Gasteiger partial charge is 0.317 e. The Morgan fingerprint density at radius 3 is 2.75 bits per heavy atom. The summed E-state index contributed by atoms with van der Waals surface area (Å²) < 4.78 is 0. The second-order valence-electron chi connectivity index (χ2n) is 3.68. The zero-order chi connectivity index (χ0) is 8.65. The zero-order valence-corrected chi connectivity index (χ0v) is 8.18. The summed E-state index contributed by atoms with van der Waals surface area (Å²) in [4.78, 5) is 0. The van der Waals surface area contributed by atoms with Crippen LogP contribution in [0.4, 0.5) is 0 Å². The highest BCUT2D eigenvalue weighted by molar-refractivity contribution is 4.86. The molecule has 0 spiro atoms. The fourth-order valence-electron chi connectivity index (χ4n) is 1.76. The van der Waals surface area contributed by atoms with E-state index >= 15 is 0 Å². The summed E-state index contributed by atoms with van der Waals surface area (Å²) in [7, 11) is 2.07. The van der Waals surface area contributed by atoms with Gasteiger partial charge in [0.1, 0.15) is 0 Å². The van der Waals surface area contributed by atoms with Crippen molar-refractivity contribution in [2.75, 3.05) is 7.05 Å². The van der Waals surface area contributed by atoms with Crippen LogP contribution in [0.5, 0.6) is 0 Å². The van der Waals surface area contributed by atoms with E-state index in [9.17, 15) is 0 Å². The van der Waals surface area contributed by atoms with Crippen LogP contribution in [0.2, 0.25) is 0 Å². The molecule has 0 fully saturated rings. The van der Waals surface area contributed by atoms with Crippen LogP contribution in [-0.4, -0.2) is 13.1 Å². The summed E-state index contributed by atoms with van der Waals surface area (Å²) in [6.07, 6.45) is 14.2. The van der Waals surface area contributed by atoms with E-state index in [2.05, 4.69) is 24.5 Å². The highest BCUT2D eigenvalue weighted by atomic mass is 14.9. The van der Waals surface area contributed by atoms with Gasteiger partial charge in [-0.3, -0.25) is 0 Å². The second-order valence-corrected chi connectivity index (χ2v) is 3.68. The predicted molar refractivity (Wildman–Crippen MR) is 54.3 cm³/mol. The highest BCUT2D eigenvalue weighted by Gasteiger charge is 2.03. The first-order valence-electron chi connectivity index (χ1n) is 5.26. The Morgan fingerprint density at radius 1 is 1.08 bits per heavy atom. The van der Waals surface area contributed by atoms with Crippen LogP contribution in [0.25, 0.3) is 0 Å². The van der Waals surface area contributed by atoms with Crippen LogP contribution in [0, 0.1) is 0 Å². The quantitative estimate of drug-likeness (QED) is 0.592. The molecule has 1 rings (SSSR count). The van der Waals surface area contributed by atoms with Gasteiger partial charge in [-0.25, -0.2) is 0 Å². The fourth-order valence-corrected chi connectivity index (χ4v) is 1.76. The molecule has 1 aliphatic rings. The van der Waals surface area contributed by atoms with E-state index in [0.717, 1.165) is 6.04 Å². The Hall–Kier alpha value is -0.300. The molecule has 12 heavy (non-hydrogen) atoms. The van der Waals surface area contributed by atoms with Crippen molar-refractivity contribution in [2.45, 2.75) is 51.0 Å². The van der Waals surface area contributed by atoms with Crippen molar-refractivity contribution in [3.05, 3.63) is 12.2 Å². The summed E-state index contributed by atoms with van der Waals surface area (Å²) in [6.45, 7) is 0. The van der Waals surface area contributed by atoms with Crippen LogP contribution in [0.15, 0.2) is 12.2 Å². The third-order valence-corrected chi connectivity index (χ3v) is 2.67. The Morgan fingerprint density at radius 2 is 1.92 bits per heavy atom. The number of hydrogen-bond donors (Lipinski definition) is 1. The third kappa shape index (κ3) is 3.91. The van der Waals surface area contributed by atoms with Crippen molar-refractivity contribution in [3.8, 4) is 0 Å². The first-order chi connectivity index (χ1) is 5.93. The van der Waals surface area contributed by atoms with Gasteiger partial charge in [-0.2, -0.15) is 0 Å². The van der Waals surface area contributed by atoms with Gasteiger partial charge in [0.15, 0.2) is 0 Å². The Kier molecular flexibility index (Phi) is 5.09. The Labute approximate surface area is 76.2 Å². The molecule has 1 atom stereocenters. The molecule has 0 aromatic rings. The summed E-state index contributed by atoms with van der Waals surface area (Å²) in [5.41, 5.74) is 0. The van der Waals surface area contributed by atoms with E-state index in [1.54, 1.807) is 0 Å². The van der Waals surface area contributed by atoms with E-state index in [-0.39, 0.29) is 0 Å². The summed E-state index contributed by atoms with van der Waals surface area (Å²) >= 11 is 0. The third-order valence-electron chi connectivity index (χ3n) is 2.67. The summed E-state index contributed by atoms with van der Waals surface area (Å²) in [5, 5.41) is 3.37. The van der Waals surface area contributed by atoms with E-state index in [1.165, 1.54) is 44.9 Å². The molecular formula is C11H21N. The van der Waals surface area contributed by atoms with Crippen molar-refractivity contribution >= 4 is 0 Å². The van der Waals surface area contributed by atoms with E-state index in [1.807, 2.05) is 0 Å². The number of rotatable bonds is 1. The molecule has 0 saturated heterocycles. The van der Waals surface area contributed by atoms with Crippen molar-refractivity contribution in [1.82, 2.24) is 5.32 Å². The molecule has 0 radical (unpaired) electrons. The van der Waals surface area contributed by atoms with Crippen molar-refractivity contribution < 1.29 is 0 Å². The molecule has 70 valence electrons. The molecule has 1 unspecified atom stereocenters. The smallest absolute Gasteiger partial charge is 0.00985 e. The predicted octanol–water partition coefficient (Wildman–Crippen LogP) is 2.87. The van der Waals surface area contributed by atoms with Crippen molar-refractivity contribution in [1.29, 1.82) is 0 Å². The number of hydrogen-bond acceptors (Lipinski definition) is 1. The highest BCUT2D eigenvalue weighted by Crippen LogP contribution is 2.12. The minimum Gasteiger partial charge on any atom is -0.317 e. The average Bonchev–Trinajstić information content (AvgIpc) is 2.14. The lowest BCUT2D eigenvalue weighted by atomic mass is 10.0. The van der Waals surface area contributed by atoms with Gasteiger partial charge in [0, 0.05) is 6.04 Å². The topological polar surface area (TPSA) is 12.0 Å². The molecule has 0 heterocycles. The molecule has 0 aromatic heterocycles. The zero-order valence-electron chi connectivity index (χ0n) is 8.18. The van der Waals surface area contributed by atoms with Crippen LogP contribution >= 0.6 is 0 Å². The van der Waals surface area contributed by atoms with Gasteiger partial charge in [0.05, 0.1) is 0 Å². The lowest BCUT2D eigenvalue weighted by Crippen LogP contribution is -2.24. The first kappa shape index (κ1) is 9.79. The Balaban J connectivity index is 2.29. The summed E-state index contributed by atoms with van der Waals surface area (Å²) in [6, 6.07) is 0.722. The molecule has 1 heteroatoms. The van der Waals surface area contributed by atoms with Crippen molar-refractivity contribution in [2.24, 2.45) is 0 Å². The molecule has 0 bridgehead atoms. The molecule has 0 aromatic carbocycles. The molecule has 1 aliphatic carbocycles. The maximum atomic E-state index is 3.37. The SMILES string of the molecule is CNC1C/C=C\CCCCCC1. The van der Waals surface area contributed by atoms with Gasteiger partial charge in [-0.15, -0.1) is 0 Å². The maximum Gasteiger partial charge on any atom is 0.00985 e. The van der Waals surface area contributed by atoms with Gasteiger partial charge >= 0.3 is 0 Å². The molecule has 0 saturated carbocycles. The summed E-state index contributed by atoms with van der Waals surface area (Å²) in [5.74, 6) is 0.